The van der Waals surface area contributed by atoms with E-state index in [2.05, 4.69) is 12.2 Å². The Morgan fingerprint density at radius 1 is 1.23 bits per heavy atom. The number of hydrogen-bond donors (Lipinski definition) is 2. The third-order valence-electron chi connectivity index (χ3n) is 5.22. The third kappa shape index (κ3) is 3.53. The van der Waals surface area contributed by atoms with E-state index in [-0.39, 0.29) is 5.91 Å². The first-order chi connectivity index (χ1) is 12.4. The highest BCUT2D eigenvalue weighted by atomic mass is 32.1. The number of methoxy groups -OCH3 is 1. The molecule has 0 saturated heterocycles. The normalized spacial score (nSPS) is 24.6. The number of hydrogen-bond acceptors (Lipinski definition) is 5. The molecule has 0 radical (unpaired) electrons. The fraction of sp³-hybridized carbons (Fsp3) is 0.526. The van der Waals surface area contributed by atoms with Gasteiger partial charge in [0.2, 0.25) is 5.91 Å². The number of fused-ring (bicyclic) bond motifs is 1. The SMILES string of the molecule is COC(=O)c1c(NC(=O)C2CC=CCC2C(=O)O)sc2c1CCC(C)C2. The number of ether oxygens (including phenoxy) is 1. The zero-order valence-electron chi connectivity index (χ0n) is 14.9. The molecule has 0 spiro atoms. The summed E-state index contributed by atoms with van der Waals surface area (Å²) in [6.07, 6.45) is 7.03. The van der Waals surface area contributed by atoms with Crippen LogP contribution >= 0.6 is 11.3 Å². The van der Waals surface area contributed by atoms with Gasteiger partial charge in [-0.3, -0.25) is 9.59 Å². The van der Waals surface area contributed by atoms with Crippen molar-refractivity contribution in [3.8, 4) is 0 Å². The van der Waals surface area contributed by atoms with E-state index in [0.29, 0.717) is 29.3 Å². The molecule has 2 aliphatic rings. The number of carbonyl (C=O) groups excluding carboxylic acids is 2. The maximum absolute atomic E-state index is 12.8. The van der Waals surface area contributed by atoms with Gasteiger partial charge in [0.1, 0.15) is 5.00 Å². The van der Waals surface area contributed by atoms with Gasteiger partial charge in [-0.15, -0.1) is 11.3 Å². The first-order valence-electron chi connectivity index (χ1n) is 8.83. The van der Waals surface area contributed by atoms with Gasteiger partial charge in [0, 0.05) is 4.88 Å². The van der Waals surface area contributed by atoms with E-state index in [1.54, 1.807) is 6.08 Å². The van der Waals surface area contributed by atoms with Crippen LogP contribution in [-0.4, -0.2) is 30.1 Å². The predicted molar refractivity (Wildman–Crippen MR) is 98.5 cm³/mol. The number of aliphatic carboxylic acids is 1. The molecule has 6 nitrogen and oxygen atoms in total. The Hall–Kier alpha value is -2.15. The van der Waals surface area contributed by atoms with Gasteiger partial charge in [0.15, 0.2) is 0 Å². The number of allylic oxidation sites excluding steroid dienone is 2. The lowest BCUT2D eigenvalue weighted by atomic mass is 9.82. The predicted octanol–water partition coefficient (Wildman–Crippen LogP) is 3.27. The van der Waals surface area contributed by atoms with E-state index >= 15 is 0 Å². The molecule has 0 aromatic carbocycles. The minimum atomic E-state index is -0.970. The van der Waals surface area contributed by atoms with E-state index in [0.717, 1.165) is 29.7 Å². The average molecular weight is 377 g/mol. The van der Waals surface area contributed by atoms with Crippen molar-refractivity contribution in [1.29, 1.82) is 0 Å². The monoisotopic (exact) mass is 377 g/mol. The highest BCUT2D eigenvalue weighted by Gasteiger charge is 2.36. The van der Waals surface area contributed by atoms with Crippen molar-refractivity contribution in [2.45, 2.75) is 39.0 Å². The molecule has 1 amide bonds. The minimum Gasteiger partial charge on any atom is -0.481 e. The fourth-order valence-electron chi connectivity index (χ4n) is 3.74. The van der Waals surface area contributed by atoms with Gasteiger partial charge in [-0.25, -0.2) is 4.79 Å². The van der Waals surface area contributed by atoms with Gasteiger partial charge in [-0.2, -0.15) is 0 Å². The van der Waals surface area contributed by atoms with E-state index in [4.69, 9.17) is 4.74 Å². The van der Waals surface area contributed by atoms with Gasteiger partial charge in [-0.1, -0.05) is 19.1 Å². The van der Waals surface area contributed by atoms with Crippen LogP contribution in [0.2, 0.25) is 0 Å². The van der Waals surface area contributed by atoms with Gasteiger partial charge in [-0.05, 0) is 43.6 Å². The molecule has 3 rings (SSSR count). The average Bonchev–Trinajstić information content (AvgIpc) is 2.97. The molecule has 1 aromatic heterocycles. The number of thiophene rings is 1. The van der Waals surface area contributed by atoms with Crippen molar-refractivity contribution in [3.63, 3.8) is 0 Å². The van der Waals surface area contributed by atoms with Crippen LogP contribution in [0.4, 0.5) is 5.00 Å². The molecule has 1 aromatic rings. The molecule has 7 heteroatoms. The maximum atomic E-state index is 12.8. The number of carboxylic acid groups (broad SMARTS) is 1. The smallest absolute Gasteiger partial charge is 0.341 e. The molecule has 26 heavy (non-hydrogen) atoms. The Balaban J connectivity index is 1.89. The molecule has 0 aliphatic heterocycles. The van der Waals surface area contributed by atoms with E-state index < -0.39 is 23.8 Å². The molecular weight excluding hydrogens is 354 g/mol. The number of esters is 1. The van der Waals surface area contributed by atoms with Gasteiger partial charge < -0.3 is 15.2 Å². The molecule has 2 N–H and O–H groups in total. The summed E-state index contributed by atoms with van der Waals surface area (Å²) in [5.74, 6) is -2.61. The van der Waals surface area contributed by atoms with Gasteiger partial charge in [0.05, 0.1) is 24.5 Å². The number of amides is 1. The maximum Gasteiger partial charge on any atom is 0.341 e. The summed E-state index contributed by atoms with van der Waals surface area (Å²) < 4.78 is 4.93. The van der Waals surface area contributed by atoms with Crippen LogP contribution < -0.4 is 5.32 Å². The van der Waals surface area contributed by atoms with Crippen LogP contribution in [0.3, 0.4) is 0 Å². The Kier molecular flexibility index (Phi) is 5.46. The summed E-state index contributed by atoms with van der Waals surface area (Å²) in [6.45, 7) is 2.17. The van der Waals surface area contributed by atoms with Crippen LogP contribution in [0.15, 0.2) is 12.2 Å². The van der Waals surface area contributed by atoms with Crippen LogP contribution in [0.5, 0.6) is 0 Å². The topological polar surface area (TPSA) is 92.7 Å². The van der Waals surface area contributed by atoms with Crippen molar-refractivity contribution >= 4 is 34.2 Å². The van der Waals surface area contributed by atoms with Crippen LogP contribution in [0.1, 0.15) is 47.0 Å². The Bertz CT molecular complexity index is 766. The molecule has 3 atom stereocenters. The van der Waals surface area contributed by atoms with E-state index in [1.165, 1.54) is 18.4 Å². The standard InChI is InChI=1S/C19H23NO5S/c1-10-7-8-13-14(9-10)26-17(15(13)19(24)25-2)20-16(21)11-5-3-4-6-12(11)18(22)23/h3-4,10-12H,5-9H2,1-2H3,(H,20,21)(H,22,23). The first-order valence-corrected chi connectivity index (χ1v) is 9.65. The number of rotatable bonds is 4. The van der Waals surface area contributed by atoms with Gasteiger partial charge >= 0.3 is 11.9 Å². The lowest BCUT2D eigenvalue weighted by molar-refractivity contribution is -0.146. The van der Waals surface area contributed by atoms with E-state index in [9.17, 15) is 19.5 Å². The van der Waals surface area contributed by atoms with Crippen molar-refractivity contribution in [1.82, 2.24) is 0 Å². The second-order valence-electron chi connectivity index (χ2n) is 7.03. The zero-order chi connectivity index (χ0) is 18.8. The lowest BCUT2D eigenvalue weighted by Crippen LogP contribution is -2.34. The summed E-state index contributed by atoms with van der Waals surface area (Å²) >= 11 is 1.41. The van der Waals surface area contributed by atoms with Crippen molar-refractivity contribution < 1.29 is 24.2 Å². The number of carbonyl (C=O) groups is 3. The van der Waals surface area contributed by atoms with E-state index in [1.807, 2.05) is 6.08 Å². The Morgan fingerprint density at radius 3 is 2.58 bits per heavy atom. The molecule has 140 valence electrons. The molecule has 3 unspecified atom stereocenters. The Labute approximate surface area is 156 Å². The third-order valence-corrected chi connectivity index (χ3v) is 6.39. The van der Waals surface area contributed by atoms with Gasteiger partial charge in [0.25, 0.3) is 0 Å². The summed E-state index contributed by atoms with van der Waals surface area (Å²) in [5.41, 5.74) is 1.40. The highest BCUT2D eigenvalue weighted by molar-refractivity contribution is 7.17. The minimum absolute atomic E-state index is 0.343. The van der Waals surface area contributed by atoms with Crippen LogP contribution in [-0.2, 0) is 27.2 Å². The second kappa shape index (κ2) is 7.61. The van der Waals surface area contributed by atoms with Crippen LogP contribution in [0.25, 0.3) is 0 Å². The molecule has 0 saturated carbocycles. The highest BCUT2D eigenvalue weighted by Crippen LogP contribution is 2.40. The molecular formula is C19H23NO5S. The summed E-state index contributed by atoms with van der Waals surface area (Å²) in [4.78, 5) is 37.6. The number of carboxylic acids is 1. The first kappa shape index (κ1) is 18.6. The number of anilines is 1. The van der Waals surface area contributed by atoms with Crippen LogP contribution in [0, 0.1) is 17.8 Å². The second-order valence-corrected chi connectivity index (χ2v) is 8.14. The lowest BCUT2D eigenvalue weighted by Gasteiger charge is -2.24. The molecule has 1 heterocycles. The quantitative estimate of drug-likeness (QED) is 0.621. The van der Waals surface area contributed by atoms with Crippen molar-refractivity contribution in [2.75, 3.05) is 12.4 Å². The summed E-state index contributed by atoms with van der Waals surface area (Å²) in [7, 11) is 1.33. The summed E-state index contributed by atoms with van der Waals surface area (Å²) in [6, 6.07) is 0. The molecule has 0 bridgehead atoms. The molecule has 2 aliphatic carbocycles. The van der Waals surface area contributed by atoms with Crippen molar-refractivity contribution in [3.05, 3.63) is 28.2 Å². The van der Waals surface area contributed by atoms with Crippen molar-refractivity contribution in [2.24, 2.45) is 17.8 Å². The fourth-order valence-corrected chi connectivity index (χ4v) is 5.14. The summed E-state index contributed by atoms with van der Waals surface area (Å²) in [5, 5.41) is 12.7. The molecule has 0 fully saturated rings. The Morgan fingerprint density at radius 2 is 1.92 bits per heavy atom. The number of nitrogens with one attached hydrogen (secondary N) is 1. The largest absolute Gasteiger partial charge is 0.481 e. The zero-order valence-corrected chi connectivity index (χ0v) is 15.7.